The van der Waals surface area contributed by atoms with E-state index in [1.807, 2.05) is 4.90 Å². The summed E-state index contributed by atoms with van der Waals surface area (Å²) in [6.07, 6.45) is 3.06. The van der Waals surface area contributed by atoms with Gasteiger partial charge >= 0.3 is 0 Å². The van der Waals surface area contributed by atoms with Gasteiger partial charge in [-0.1, -0.05) is 23.2 Å². The normalized spacial score (nSPS) is 23.6. The van der Waals surface area contributed by atoms with E-state index in [2.05, 4.69) is 10.3 Å². The van der Waals surface area contributed by atoms with Crippen molar-refractivity contribution in [1.82, 2.24) is 9.88 Å². The van der Waals surface area contributed by atoms with E-state index in [0.29, 0.717) is 22.4 Å². The minimum atomic E-state index is -0.727. The molecule has 1 amide bonds. The second kappa shape index (κ2) is 6.26. The van der Waals surface area contributed by atoms with E-state index in [-0.39, 0.29) is 12.5 Å². The van der Waals surface area contributed by atoms with Gasteiger partial charge in [-0.15, -0.1) is 0 Å². The first-order chi connectivity index (χ1) is 9.35. The third-order valence-electron chi connectivity index (χ3n) is 3.19. The minimum Gasteiger partial charge on any atom is -0.389 e. The summed E-state index contributed by atoms with van der Waals surface area (Å²) in [5.74, 6) is 0.0873. The van der Waals surface area contributed by atoms with Crippen LogP contribution in [0.1, 0.15) is 19.8 Å². The van der Waals surface area contributed by atoms with Gasteiger partial charge in [0.25, 0.3) is 0 Å². The molecule has 110 valence electrons. The molecule has 1 atom stereocenters. The molecule has 0 bridgehead atoms. The molecular weight excluding hydrogens is 301 g/mol. The first kappa shape index (κ1) is 15.5. The topological polar surface area (TPSA) is 65.5 Å². The molecule has 7 heteroatoms. The Balaban J connectivity index is 1.92. The molecular formula is C13H17Cl2N3O2. The average molecular weight is 318 g/mol. The van der Waals surface area contributed by atoms with Crippen LogP contribution in [0.3, 0.4) is 0 Å². The number of carbonyl (C=O) groups excluding carboxylic acids is 1. The summed E-state index contributed by atoms with van der Waals surface area (Å²) in [5, 5.41) is 13.4. The van der Waals surface area contributed by atoms with E-state index >= 15 is 0 Å². The maximum absolute atomic E-state index is 12.0. The van der Waals surface area contributed by atoms with Gasteiger partial charge in [-0.3, -0.25) is 9.69 Å². The highest BCUT2D eigenvalue weighted by Crippen LogP contribution is 2.23. The van der Waals surface area contributed by atoms with Gasteiger partial charge in [-0.2, -0.15) is 0 Å². The molecule has 0 aliphatic carbocycles. The summed E-state index contributed by atoms with van der Waals surface area (Å²) in [5.41, 5.74) is -0.727. The lowest BCUT2D eigenvalue weighted by atomic mass is 9.95. The van der Waals surface area contributed by atoms with Crippen LogP contribution in [-0.2, 0) is 4.79 Å². The molecule has 5 nitrogen and oxygen atoms in total. The molecule has 2 N–H and O–H groups in total. The van der Waals surface area contributed by atoms with Gasteiger partial charge in [0.1, 0.15) is 0 Å². The molecule has 1 aliphatic rings. The molecule has 20 heavy (non-hydrogen) atoms. The molecule has 0 aromatic carbocycles. The van der Waals surface area contributed by atoms with E-state index in [1.54, 1.807) is 6.92 Å². The fraction of sp³-hybridized carbons (Fsp3) is 0.538. The monoisotopic (exact) mass is 317 g/mol. The zero-order valence-corrected chi connectivity index (χ0v) is 12.7. The lowest BCUT2D eigenvalue weighted by Crippen LogP contribution is -2.48. The summed E-state index contributed by atoms with van der Waals surface area (Å²) >= 11 is 11.7. The number of nitrogens with one attached hydrogen (secondary N) is 1. The van der Waals surface area contributed by atoms with E-state index in [0.717, 1.165) is 19.4 Å². The summed E-state index contributed by atoms with van der Waals surface area (Å²) in [6.45, 7) is 3.28. The Morgan fingerprint density at radius 2 is 2.35 bits per heavy atom. The van der Waals surface area contributed by atoms with Crippen LogP contribution in [0, 0.1) is 0 Å². The number of likely N-dealkylation sites (tertiary alicyclic amines) is 1. The predicted octanol–water partition coefficient (Wildman–Crippen LogP) is 2.17. The minimum absolute atomic E-state index is 0.205. The van der Waals surface area contributed by atoms with Crippen molar-refractivity contribution in [3.05, 3.63) is 22.3 Å². The van der Waals surface area contributed by atoms with Crippen molar-refractivity contribution in [2.45, 2.75) is 25.4 Å². The Labute approximate surface area is 127 Å². The quantitative estimate of drug-likeness (QED) is 0.896. The van der Waals surface area contributed by atoms with Gasteiger partial charge in [-0.05, 0) is 32.4 Å². The van der Waals surface area contributed by atoms with E-state index in [9.17, 15) is 9.90 Å². The van der Waals surface area contributed by atoms with Crippen molar-refractivity contribution >= 4 is 34.9 Å². The van der Waals surface area contributed by atoms with Crippen LogP contribution >= 0.6 is 23.2 Å². The lowest BCUT2D eigenvalue weighted by Gasteiger charge is -2.36. The number of carbonyl (C=O) groups is 1. The van der Waals surface area contributed by atoms with Crippen LogP contribution in [0.5, 0.6) is 0 Å². The third kappa shape index (κ3) is 4.31. The Morgan fingerprint density at radius 3 is 3.00 bits per heavy atom. The molecule has 0 saturated carbocycles. The summed E-state index contributed by atoms with van der Waals surface area (Å²) in [6, 6.07) is 1.53. The highest BCUT2D eigenvalue weighted by molar-refractivity contribution is 6.36. The van der Waals surface area contributed by atoms with Crippen molar-refractivity contribution in [3.8, 4) is 0 Å². The Kier molecular flexibility index (Phi) is 4.86. The fourth-order valence-electron chi connectivity index (χ4n) is 2.34. The highest BCUT2D eigenvalue weighted by Gasteiger charge is 2.29. The number of pyridine rings is 1. The van der Waals surface area contributed by atoms with Gasteiger partial charge in [-0.25, -0.2) is 4.98 Å². The van der Waals surface area contributed by atoms with Crippen LogP contribution in [-0.4, -0.2) is 46.1 Å². The van der Waals surface area contributed by atoms with Gasteiger partial charge in [0.15, 0.2) is 5.82 Å². The number of aliphatic hydroxyl groups is 1. The van der Waals surface area contributed by atoms with E-state index in [4.69, 9.17) is 23.2 Å². The number of hydrogen-bond donors (Lipinski definition) is 2. The van der Waals surface area contributed by atoms with Crippen LogP contribution in [0.4, 0.5) is 5.82 Å². The molecule has 0 radical (unpaired) electrons. The average Bonchev–Trinajstić information content (AvgIpc) is 2.31. The number of rotatable bonds is 3. The Bertz CT molecular complexity index is 508. The molecule has 2 heterocycles. The maximum atomic E-state index is 12.0. The van der Waals surface area contributed by atoms with Crippen molar-refractivity contribution in [2.75, 3.05) is 25.0 Å². The number of β-amino-alcohol motifs (C(OH)–C–C–N with tert-alkyl or cyclic N) is 1. The van der Waals surface area contributed by atoms with Crippen molar-refractivity contribution < 1.29 is 9.90 Å². The van der Waals surface area contributed by atoms with Crippen LogP contribution in [0.2, 0.25) is 10.0 Å². The second-order valence-corrected chi connectivity index (χ2v) is 6.19. The number of hydrogen-bond acceptors (Lipinski definition) is 4. The van der Waals surface area contributed by atoms with Gasteiger partial charge in [0.05, 0.1) is 22.2 Å². The third-order valence-corrected chi connectivity index (χ3v) is 3.68. The smallest absolute Gasteiger partial charge is 0.239 e. The summed E-state index contributed by atoms with van der Waals surface area (Å²) in [4.78, 5) is 17.9. The van der Waals surface area contributed by atoms with Crippen LogP contribution in [0.15, 0.2) is 12.3 Å². The Morgan fingerprint density at radius 1 is 1.60 bits per heavy atom. The number of amides is 1. The zero-order valence-electron chi connectivity index (χ0n) is 11.2. The molecule has 1 aromatic heterocycles. The SMILES string of the molecule is CC1(O)CCCN(CC(=O)Nc2ncc(Cl)cc2Cl)C1. The largest absolute Gasteiger partial charge is 0.389 e. The molecule has 1 fully saturated rings. The Hall–Kier alpha value is -0.880. The number of piperidine rings is 1. The molecule has 1 aromatic rings. The van der Waals surface area contributed by atoms with E-state index < -0.39 is 5.60 Å². The molecule has 0 spiro atoms. The predicted molar refractivity (Wildman–Crippen MR) is 79.2 cm³/mol. The molecule has 1 unspecified atom stereocenters. The highest BCUT2D eigenvalue weighted by atomic mass is 35.5. The van der Waals surface area contributed by atoms with Crippen molar-refractivity contribution in [1.29, 1.82) is 0 Å². The first-order valence-electron chi connectivity index (χ1n) is 6.41. The summed E-state index contributed by atoms with van der Waals surface area (Å²) < 4.78 is 0. The number of halogens is 2. The second-order valence-electron chi connectivity index (χ2n) is 5.34. The molecule has 1 aliphatic heterocycles. The maximum Gasteiger partial charge on any atom is 0.239 e. The van der Waals surface area contributed by atoms with Crippen molar-refractivity contribution in [2.24, 2.45) is 0 Å². The van der Waals surface area contributed by atoms with E-state index in [1.165, 1.54) is 12.3 Å². The van der Waals surface area contributed by atoms with Crippen molar-refractivity contribution in [3.63, 3.8) is 0 Å². The van der Waals surface area contributed by atoms with Crippen LogP contribution < -0.4 is 5.32 Å². The zero-order chi connectivity index (χ0) is 14.8. The summed E-state index contributed by atoms with van der Waals surface area (Å²) in [7, 11) is 0. The molecule has 2 rings (SSSR count). The fourth-order valence-corrected chi connectivity index (χ4v) is 2.77. The number of nitrogens with zero attached hydrogens (tertiary/aromatic N) is 2. The van der Waals surface area contributed by atoms with Gasteiger partial charge in [0.2, 0.25) is 5.91 Å². The van der Waals surface area contributed by atoms with Gasteiger partial charge in [0, 0.05) is 12.7 Å². The molecule has 1 saturated heterocycles. The standard InChI is InChI=1S/C13H17Cl2N3O2/c1-13(20)3-2-4-18(8-13)7-11(19)17-12-10(15)5-9(14)6-16-12/h5-6,20H,2-4,7-8H2,1H3,(H,16,17,19). The number of aromatic nitrogens is 1. The first-order valence-corrected chi connectivity index (χ1v) is 7.17. The number of anilines is 1. The van der Waals surface area contributed by atoms with Crippen LogP contribution in [0.25, 0.3) is 0 Å². The lowest BCUT2D eigenvalue weighted by molar-refractivity contribution is -0.118. The van der Waals surface area contributed by atoms with Gasteiger partial charge < -0.3 is 10.4 Å².